The summed E-state index contributed by atoms with van der Waals surface area (Å²) in [5, 5.41) is 0. The van der Waals surface area contributed by atoms with E-state index >= 15 is 0 Å². The van der Waals surface area contributed by atoms with E-state index in [0.717, 1.165) is 5.56 Å². The SMILES string of the molecule is COCN(C)Cc1cccc(F)c1. The van der Waals surface area contributed by atoms with Gasteiger partial charge in [-0.2, -0.15) is 0 Å². The van der Waals surface area contributed by atoms with E-state index in [1.165, 1.54) is 12.1 Å². The van der Waals surface area contributed by atoms with Crippen LogP contribution in [0, 0.1) is 5.82 Å². The summed E-state index contributed by atoms with van der Waals surface area (Å²) in [4.78, 5) is 1.97. The third-order valence-electron chi connectivity index (χ3n) is 1.69. The molecule has 0 saturated carbocycles. The van der Waals surface area contributed by atoms with Gasteiger partial charge in [-0.25, -0.2) is 4.39 Å². The molecule has 1 rings (SSSR count). The minimum Gasteiger partial charge on any atom is -0.369 e. The second-order valence-electron chi connectivity index (χ2n) is 3.06. The molecule has 1 aromatic rings. The van der Waals surface area contributed by atoms with Crippen LogP contribution in [0.3, 0.4) is 0 Å². The molecule has 72 valence electrons. The van der Waals surface area contributed by atoms with Crippen molar-refractivity contribution in [3.05, 3.63) is 35.6 Å². The second-order valence-corrected chi connectivity index (χ2v) is 3.06. The minimum atomic E-state index is -0.191. The number of nitrogens with zero attached hydrogens (tertiary/aromatic N) is 1. The highest BCUT2D eigenvalue weighted by Gasteiger charge is 1.99. The first kappa shape index (κ1) is 10.2. The van der Waals surface area contributed by atoms with Crippen LogP contribution < -0.4 is 0 Å². The quantitative estimate of drug-likeness (QED) is 0.661. The van der Waals surface area contributed by atoms with Crippen molar-refractivity contribution in [3.8, 4) is 0 Å². The molecule has 0 N–H and O–H groups in total. The molecule has 2 nitrogen and oxygen atoms in total. The third-order valence-corrected chi connectivity index (χ3v) is 1.69. The summed E-state index contributed by atoms with van der Waals surface area (Å²) in [5.74, 6) is -0.191. The lowest BCUT2D eigenvalue weighted by Gasteiger charge is -2.14. The van der Waals surface area contributed by atoms with Gasteiger partial charge in [-0.1, -0.05) is 12.1 Å². The number of benzene rings is 1. The van der Waals surface area contributed by atoms with E-state index in [-0.39, 0.29) is 5.82 Å². The number of hydrogen-bond donors (Lipinski definition) is 0. The van der Waals surface area contributed by atoms with Gasteiger partial charge in [0.2, 0.25) is 0 Å². The molecule has 0 spiro atoms. The van der Waals surface area contributed by atoms with Crippen molar-refractivity contribution >= 4 is 0 Å². The topological polar surface area (TPSA) is 12.5 Å². The van der Waals surface area contributed by atoms with Crippen molar-refractivity contribution in [2.45, 2.75) is 6.54 Å². The number of ether oxygens (including phenoxy) is 1. The Morgan fingerprint density at radius 1 is 1.46 bits per heavy atom. The molecule has 3 heteroatoms. The highest BCUT2D eigenvalue weighted by atomic mass is 19.1. The van der Waals surface area contributed by atoms with Crippen molar-refractivity contribution < 1.29 is 9.13 Å². The summed E-state index contributed by atoms with van der Waals surface area (Å²) in [6.45, 7) is 1.25. The largest absolute Gasteiger partial charge is 0.369 e. The fourth-order valence-corrected chi connectivity index (χ4v) is 1.21. The zero-order valence-corrected chi connectivity index (χ0v) is 7.96. The van der Waals surface area contributed by atoms with Crippen LogP contribution in [0.4, 0.5) is 4.39 Å². The molecule has 0 radical (unpaired) electrons. The molecule has 0 aromatic heterocycles. The van der Waals surface area contributed by atoms with Gasteiger partial charge >= 0.3 is 0 Å². The first-order chi connectivity index (χ1) is 6.22. The number of rotatable bonds is 4. The van der Waals surface area contributed by atoms with E-state index in [4.69, 9.17) is 4.74 Å². The normalized spacial score (nSPS) is 10.8. The number of halogens is 1. The van der Waals surface area contributed by atoms with Crippen LogP contribution in [0.5, 0.6) is 0 Å². The average molecular weight is 183 g/mol. The van der Waals surface area contributed by atoms with Gasteiger partial charge in [0, 0.05) is 13.7 Å². The molecule has 0 aliphatic rings. The maximum atomic E-state index is 12.8. The first-order valence-electron chi connectivity index (χ1n) is 4.14. The minimum absolute atomic E-state index is 0.191. The highest BCUT2D eigenvalue weighted by molar-refractivity contribution is 5.15. The summed E-state index contributed by atoms with van der Waals surface area (Å²) in [6, 6.07) is 6.59. The van der Waals surface area contributed by atoms with Gasteiger partial charge in [-0.15, -0.1) is 0 Å². The Bertz CT molecular complexity index is 265. The highest BCUT2D eigenvalue weighted by Crippen LogP contribution is 2.05. The maximum Gasteiger partial charge on any atom is 0.123 e. The van der Waals surface area contributed by atoms with Gasteiger partial charge in [0.25, 0.3) is 0 Å². The van der Waals surface area contributed by atoms with E-state index in [0.29, 0.717) is 13.3 Å². The molecular weight excluding hydrogens is 169 g/mol. The molecule has 0 atom stereocenters. The molecule has 0 unspecified atom stereocenters. The van der Waals surface area contributed by atoms with Gasteiger partial charge < -0.3 is 4.74 Å². The zero-order chi connectivity index (χ0) is 9.68. The molecule has 0 fully saturated rings. The van der Waals surface area contributed by atoms with E-state index in [9.17, 15) is 4.39 Å². The molecule has 13 heavy (non-hydrogen) atoms. The predicted octanol–water partition coefficient (Wildman–Crippen LogP) is 1.86. The molecule has 0 aliphatic carbocycles. The first-order valence-corrected chi connectivity index (χ1v) is 4.14. The smallest absolute Gasteiger partial charge is 0.123 e. The van der Waals surface area contributed by atoms with Crippen LogP contribution in [-0.2, 0) is 11.3 Å². The van der Waals surface area contributed by atoms with Crippen molar-refractivity contribution in [2.24, 2.45) is 0 Å². The number of methoxy groups -OCH3 is 1. The fraction of sp³-hybridized carbons (Fsp3) is 0.400. The van der Waals surface area contributed by atoms with Crippen LogP contribution in [0.15, 0.2) is 24.3 Å². The molecule has 0 bridgehead atoms. The summed E-state index contributed by atoms with van der Waals surface area (Å²) in [7, 11) is 3.57. The van der Waals surface area contributed by atoms with Crippen molar-refractivity contribution in [1.29, 1.82) is 0 Å². The summed E-state index contributed by atoms with van der Waals surface area (Å²) < 4.78 is 17.7. The molecule has 0 aliphatic heterocycles. The zero-order valence-electron chi connectivity index (χ0n) is 7.96. The van der Waals surface area contributed by atoms with Gasteiger partial charge in [0.15, 0.2) is 0 Å². The molecule has 1 aromatic carbocycles. The molecule has 0 amide bonds. The van der Waals surface area contributed by atoms with Crippen molar-refractivity contribution in [1.82, 2.24) is 4.90 Å². The van der Waals surface area contributed by atoms with E-state index in [1.807, 2.05) is 18.0 Å². The Morgan fingerprint density at radius 2 is 2.23 bits per heavy atom. The van der Waals surface area contributed by atoms with Gasteiger partial charge in [0.05, 0.1) is 6.73 Å². The lowest BCUT2D eigenvalue weighted by molar-refractivity contribution is 0.0771. The van der Waals surface area contributed by atoms with Crippen molar-refractivity contribution in [2.75, 3.05) is 20.9 Å². The van der Waals surface area contributed by atoms with Gasteiger partial charge in [-0.3, -0.25) is 4.90 Å². The van der Waals surface area contributed by atoms with Crippen LogP contribution in [-0.4, -0.2) is 25.8 Å². The van der Waals surface area contributed by atoms with E-state index in [2.05, 4.69) is 0 Å². The Morgan fingerprint density at radius 3 is 2.85 bits per heavy atom. The summed E-state index contributed by atoms with van der Waals surface area (Å²) >= 11 is 0. The third kappa shape index (κ3) is 3.53. The van der Waals surface area contributed by atoms with Gasteiger partial charge in [-0.05, 0) is 24.7 Å². The monoisotopic (exact) mass is 183 g/mol. The molecule has 0 saturated heterocycles. The van der Waals surface area contributed by atoms with Crippen LogP contribution in [0.2, 0.25) is 0 Å². The van der Waals surface area contributed by atoms with Crippen LogP contribution >= 0.6 is 0 Å². The Hall–Kier alpha value is -0.930. The maximum absolute atomic E-state index is 12.8. The van der Waals surface area contributed by atoms with Gasteiger partial charge in [0.1, 0.15) is 5.82 Å². The standard InChI is InChI=1S/C10H14FNO/c1-12(8-13-2)7-9-4-3-5-10(11)6-9/h3-6H,7-8H2,1-2H3. The predicted molar refractivity (Wildman–Crippen MR) is 49.7 cm³/mol. The Balaban J connectivity index is 2.53. The summed E-state index contributed by atoms with van der Waals surface area (Å²) in [6.07, 6.45) is 0. The average Bonchev–Trinajstić information content (AvgIpc) is 2.04. The second kappa shape index (κ2) is 4.94. The molecular formula is C10H14FNO. The Kier molecular flexibility index (Phi) is 3.86. The van der Waals surface area contributed by atoms with E-state index in [1.54, 1.807) is 13.2 Å². The lowest BCUT2D eigenvalue weighted by atomic mass is 10.2. The van der Waals surface area contributed by atoms with Crippen LogP contribution in [0.1, 0.15) is 5.56 Å². The summed E-state index contributed by atoms with van der Waals surface area (Å²) in [5.41, 5.74) is 0.958. The fourth-order valence-electron chi connectivity index (χ4n) is 1.21. The van der Waals surface area contributed by atoms with Crippen molar-refractivity contribution in [3.63, 3.8) is 0 Å². The Labute approximate surface area is 77.9 Å². The van der Waals surface area contributed by atoms with Crippen LogP contribution in [0.25, 0.3) is 0 Å². The number of hydrogen-bond acceptors (Lipinski definition) is 2. The molecule has 0 heterocycles. The lowest BCUT2D eigenvalue weighted by Crippen LogP contribution is -2.20. The van der Waals surface area contributed by atoms with E-state index < -0.39 is 0 Å².